The molecule has 30 heavy (non-hydrogen) atoms. The Hall–Kier alpha value is -3.22. The van der Waals surface area contributed by atoms with Gasteiger partial charge in [-0.3, -0.25) is 4.72 Å². The lowest BCUT2D eigenvalue weighted by molar-refractivity contribution is 0.461. The van der Waals surface area contributed by atoms with Gasteiger partial charge in [0.15, 0.2) is 0 Å². The molecule has 0 heterocycles. The second-order valence-corrected chi connectivity index (χ2v) is 8.96. The van der Waals surface area contributed by atoms with E-state index >= 15 is 0 Å². The van der Waals surface area contributed by atoms with Crippen LogP contribution in [0.3, 0.4) is 0 Å². The third-order valence-electron chi connectivity index (χ3n) is 4.21. The van der Waals surface area contributed by atoms with Crippen LogP contribution in [0.1, 0.15) is 16.7 Å². The van der Waals surface area contributed by atoms with Crippen LogP contribution in [0.25, 0.3) is 18.2 Å². The summed E-state index contributed by atoms with van der Waals surface area (Å²) in [6, 6.07) is 20.3. The van der Waals surface area contributed by atoms with Crippen molar-refractivity contribution in [3.05, 3.63) is 102 Å². The Morgan fingerprint density at radius 2 is 1.50 bits per heavy atom. The number of rotatable bonds is 8. The Morgan fingerprint density at radius 3 is 2.10 bits per heavy atom. The van der Waals surface area contributed by atoms with E-state index in [4.69, 9.17) is 0 Å². The van der Waals surface area contributed by atoms with Crippen LogP contribution >= 0.6 is 11.8 Å². The summed E-state index contributed by atoms with van der Waals surface area (Å²) < 4.78 is 27.9. The Balaban J connectivity index is 2.00. The third-order valence-corrected chi connectivity index (χ3v) is 6.25. The Labute approximate surface area is 181 Å². The minimum absolute atomic E-state index is 0.0246. The number of hydrogen-bond acceptors (Lipinski definition) is 4. The molecule has 0 saturated heterocycles. The van der Waals surface area contributed by atoms with Crippen molar-refractivity contribution in [3.8, 4) is 5.75 Å². The third kappa shape index (κ3) is 5.23. The molecule has 3 rings (SSSR count). The van der Waals surface area contributed by atoms with Crippen molar-refractivity contribution in [2.75, 3.05) is 4.72 Å². The van der Waals surface area contributed by atoms with E-state index in [1.54, 1.807) is 6.07 Å². The summed E-state index contributed by atoms with van der Waals surface area (Å²) in [6.45, 7) is 7.51. The van der Waals surface area contributed by atoms with E-state index in [-0.39, 0.29) is 5.75 Å². The molecule has 0 aliphatic rings. The molecule has 0 bridgehead atoms. The number of benzene rings is 3. The number of anilines is 1. The second-order valence-electron chi connectivity index (χ2n) is 6.28. The Bertz CT molecular complexity index is 1190. The van der Waals surface area contributed by atoms with Gasteiger partial charge in [-0.2, -0.15) is 0 Å². The highest BCUT2D eigenvalue weighted by molar-refractivity contribution is 7.99. The van der Waals surface area contributed by atoms with E-state index in [2.05, 4.69) is 17.9 Å². The van der Waals surface area contributed by atoms with Crippen LogP contribution in [0.5, 0.6) is 5.75 Å². The first-order chi connectivity index (χ1) is 14.4. The average molecular weight is 436 g/mol. The molecule has 0 spiro atoms. The van der Waals surface area contributed by atoms with Gasteiger partial charge in [0.05, 0.1) is 16.0 Å². The molecule has 3 aromatic rings. The van der Waals surface area contributed by atoms with Crippen LogP contribution in [0.4, 0.5) is 5.69 Å². The molecular formula is C24H21NO3S2. The van der Waals surface area contributed by atoms with E-state index in [1.165, 1.54) is 30.0 Å². The molecule has 3 aromatic carbocycles. The van der Waals surface area contributed by atoms with Crippen LogP contribution in [-0.4, -0.2) is 13.5 Å². The molecule has 4 nitrogen and oxygen atoms in total. The highest BCUT2D eigenvalue weighted by Crippen LogP contribution is 2.42. The molecule has 0 unspecified atom stereocenters. The SMILES string of the molecule is C=Cc1c(NS(=O)(=O)/C=C/c2ccccc2)cc(Sc2ccccc2)c(O)c1C=C. The molecule has 0 fully saturated rings. The Morgan fingerprint density at radius 1 is 0.900 bits per heavy atom. The zero-order valence-electron chi connectivity index (χ0n) is 16.2. The fraction of sp³-hybridized carbons (Fsp3) is 0. The van der Waals surface area contributed by atoms with Crippen LogP contribution in [0, 0.1) is 0 Å². The number of nitrogens with one attached hydrogen (secondary N) is 1. The lowest BCUT2D eigenvalue weighted by Crippen LogP contribution is -2.10. The molecule has 152 valence electrons. The number of aromatic hydroxyl groups is 1. The van der Waals surface area contributed by atoms with E-state index in [1.807, 2.05) is 60.7 Å². The molecule has 0 amide bonds. The molecule has 2 N–H and O–H groups in total. The van der Waals surface area contributed by atoms with Gasteiger partial charge in [-0.25, -0.2) is 8.42 Å². The first-order valence-electron chi connectivity index (χ1n) is 9.07. The van der Waals surface area contributed by atoms with Crippen LogP contribution < -0.4 is 4.72 Å². The first kappa shape index (κ1) is 21.5. The van der Waals surface area contributed by atoms with Crippen molar-refractivity contribution in [1.29, 1.82) is 0 Å². The van der Waals surface area contributed by atoms with Gasteiger partial charge in [-0.05, 0) is 29.8 Å². The standard InChI is InChI=1S/C24H21NO3S2/c1-3-20-21(4-2)24(26)23(29-19-13-9-6-10-14-19)17-22(20)25-30(27,28)16-15-18-11-7-5-8-12-18/h3-17,25-26H,1-2H2/b16-15+. The van der Waals surface area contributed by atoms with Crippen molar-refractivity contribution < 1.29 is 13.5 Å². The summed E-state index contributed by atoms with van der Waals surface area (Å²) in [7, 11) is -3.80. The quantitative estimate of drug-likeness (QED) is 0.411. The summed E-state index contributed by atoms with van der Waals surface area (Å²) in [6.07, 6.45) is 4.50. The lowest BCUT2D eigenvalue weighted by atomic mass is 10.0. The smallest absolute Gasteiger partial charge is 0.255 e. The molecular weight excluding hydrogens is 414 g/mol. The van der Waals surface area contributed by atoms with Crippen molar-refractivity contribution in [2.45, 2.75) is 9.79 Å². The van der Waals surface area contributed by atoms with Crippen molar-refractivity contribution in [2.24, 2.45) is 0 Å². The lowest BCUT2D eigenvalue weighted by Gasteiger charge is -2.16. The van der Waals surface area contributed by atoms with E-state index in [0.717, 1.165) is 15.9 Å². The second kappa shape index (κ2) is 9.52. The number of phenols is 1. The molecule has 0 aliphatic carbocycles. The fourth-order valence-corrected chi connectivity index (χ4v) is 4.62. The fourth-order valence-electron chi connectivity index (χ4n) is 2.81. The largest absolute Gasteiger partial charge is 0.506 e. The van der Waals surface area contributed by atoms with E-state index in [0.29, 0.717) is 21.7 Å². The summed E-state index contributed by atoms with van der Waals surface area (Å²) in [5.41, 5.74) is 1.95. The van der Waals surface area contributed by atoms with E-state index in [9.17, 15) is 13.5 Å². The maximum Gasteiger partial charge on any atom is 0.255 e. The van der Waals surface area contributed by atoms with Gasteiger partial charge in [0.1, 0.15) is 5.75 Å². The highest BCUT2D eigenvalue weighted by atomic mass is 32.2. The van der Waals surface area contributed by atoms with Crippen molar-refractivity contribution in [1.82, 2.24) is 0 Å². The van der Waals surface area contributed by atoms with Crippen LogP contribution in [0.15, 0.2) is 95.1 Å². The molecule has 0 atom stereocenters. The normalized spacial score (nSPS) is 11.3. The summed E-state index contributed by atoms with van der Waals surface area (Å²) >= 11 is 1.33. The van der Waals surface area contributed by atoms with Gasteiger partial charge in [0, 0.05) is 16.0 Å². The molecule has 6 heteroatoms. The first-order valence-corrected chi connectivity index (χ1v) is 11.4. The molecule has 0 saturated carbocycles. The van der Waals surface area contributed by atoms with Gasteiger partial charge in [-0.15, -0.1) is 0 Å². The van der Waals surface area contributed by atoms with Gasteiger partial charge in [0.2, 0.25) is 0 Å². The highest BCUT2D eigenvalue weighted by Gasteiger charge is 2.18. The van der Waals surface area contributed by atoms with Crippen LogP contribution in [0.2, 0.25) is 0 Å². The molecule has 0 radical (unpaired) electrons. The predicted octanol–water partition coefficient (Wildman–Crippen LogP) is 6.24. The maximum absolute atomic E-state index is 12.7. The summed E-state index contributed by atoms with van der Waals surface area (Å²) in [5.74, 6) is 0.0246. The number of phenolic OH excluding ortho intramolecular Hbond substituents is 1. The summed E-state index contributed by atoms with van der Waals surface area (Å²) in [4.78, 5) is 1.42. The topological polar surface area (TPSA) is 66.4 Å². The Kier molecular flexibility index (Phi) is 6.82. The molecule has 0 aliphatic heterocycles. The number of hydrogen-bond donors (Lipinski definition) is 2. The minimum atomic E-state index is -3.80. The minimum Gasteiger partial charge on any atom is -0.506 e. The molecule has 0 aromatic heterocycles. The summed E-state index contributed by atoms with van der Waals surface area (Å²) in [5, 5.41) is 11.8. The van der Waals surface area contributed by atoms with Crippen molar-refractivity contribution in [3.63, 3.8) is 0 Å². The average Bonchev–Trinajstić information content (AvgIpc) is 2.75. The zero-order chi connectivity index (χ0) is 21.6. The zero-order valence-corrected chi connectivity index (χ0v) is 17.8. The maximum atomic E-state index is 12.7. The number of sulfonamides is 1. The van der Waals surface area contributed by atoms with Crippen LogP contribution in [-0.2, 0) is 10.0 Å². The predicted molar refractivity (Wildman–Crippen MR) is 127 cm³/mol. The van der Waals surface area contributed by atoms with E-state index < -0.39 is 10.0 Å². The van der Waals surface area contributed by atoms with Gasteiger partial charge in [0.25, 0.3) is 10.0 Å². The van der Waals surface area contributed by atoms with Gasteiger partial charge in [-0.1, -0.05) is 85.6 Å². The van der Waals surface area contributed by atoms with Gasteiger partial charge >= 0.3 is 0 Å². The van der Waals surface area contributed by atoms with Crippen molar-refractivity contribution >= 4 is 45.7 Å². The monoisotopic (exact) mass is 435 g/mol. The van der Waals surface area contributed by atoms with Gasteiger partial charge < -0.3 is 5.11 Å².